The summed E-state index contributed by atoms with van der Waals surface area (Å²) in [5.41, 5.74) is 2.58. The van der Waals surface area contributed by atoms with E-state index in [0.717, 1.165) is 0 Å². The van der Waals surface area contributed by atoms with Crippen molar-refractivity contribution in [1.82, 2.24) is 9.78 Å². The van der Waals surface area contributed by atoms with Crippen LogP contribution in [-0.2, 0) is 7.05 Å². The van der Waals surface area contributed by atoms with Crippen LogP contribution in [0.2, 0.25) is 0 Å². The number of rotatable bonds is 4. The first kappa shape index (κ1) is 15.2. The third-order valence-electron chi connectivity index (χ3n) is 2.80. The van der Waals surface area contributed by atoms with E-state index in [2.05, 4.69) is 45.9 Å². The average Bonchev–Trinajstić information content (AvgIpc) is 2.59. The average molecular weight is 224 g/mol. The molecule has 1 aromatic rings. The molecule has 94 valence electrons. The highest BCUT2D eigenvalue weighted by Crippen LogP contribution is 2.22. The predicted molar refractivity (Wildman–Crippen MR) is 71.9 cm³/mol. The van der Waals surface area contributed by atoms with Crippen molar-refractivity contribution in [1.29, 1.82) is 0 Å². The van der Waals surface area contributed by atoms with Crippen LogP contribution in [0, 0.1) is 6.92 Å². The van der Waals surface area contributed by atoms with E-state index in [9.17, 15) is 0 Å². The fraction of sp³-hybridized carbons (Fsp3) is 0.786. The van der Waals surface area contributed by atoms with Crippen molar-refractivity contribution in [3.05, 3.63) is 17.5 Å². The summed E-state index contributed by atoms with van der Waals surface area (Å²) < 4.78 is 1.90. The highest BCUT2D eigenvalue weighted by atomic mass is 15.2. The lowest BCUT2D eigenvalue weighted by atomic mass is 9.98. The van der Waals surface area contributed by atoms with Crippen molar-refractivity contribution in [2.75, 3.05) is 0 Å². The summed E-state index contributed by atoms with van der Waals surface area (Å²) in [6.07, 6.45) is 7.28. The van der Waals surface area contributed by atoms with Gasteiger partial charge in [-0.2, -0.15) is 5.10 Å². The van der Waals surface area contributed by atoms with Gasteiger partial charge in [0.05, 0.1) is 5.69 Å². The molecule has 0 saturated heterocycles. The lowest BCUT2D eigenvalue weighted by Gasteiger charge is -2.07. The molecule has 0 saturated carbocycles. The molecule has 0 N–H and O–H groups in total. The molecule has 1 heterocycles. The monoisotopic (exact) mass is 224 g/mol. The second-order valence-corrected chi connectivity index (χ2v) is 4.53. The number of hydrogen-bond acceptors (Lipinski definition) is 1. The standard InChI is InChI=1S/C10H18N2.C4H10/c1-5-6-8(2)10-7-12(4)11-9(10)3;1-3-4-2/h7-8H,5-6H2,1-4H3;3-4H2,1-2H3. The van der Waals surface area contributed by atoms with Gasteiger partial charge in [-0.15, -0.1) is 0 Å². The molecule has 0 aliphatic rings. The van der Waals surface area contributed by atoms with E-state index >= 15 is 0 Å². The van der Waals surface area contributed by atoms with Crippen molar-refractivity contribution in [2.45, 2.75) is 66.2 Å². The Morgan fingerprint density at radius 3 is 2.06 bits per heavy atom. The molecule has 16 heavy (non-hydrogen) atoms. The normalized spacial score (nSPS) is 11.9. The van der Waals surface area contributed by atoms with Crippen molar-refractivity contribution < 1.29 is 0 Å². The number of nitrogens with zero attached hydrogens (tertiary/aromatic N) is 2. The van der Waals surface area contributed by atoms with Crippen LogP contribution in [-0.4, -0.2) is 9.78 Å². The molecule has 2 nitrogen and oxygen atoms in total. The molecule has 0 spiro atoms. The Labute approximate surface area is 101 Å². The van der Waals surface area contributed by atoms with Gasteiger partial charge in [0.25, 0.3) is 0 Å². The molecular weight excluding hydrogens is 196 g/mol. The Hall–Kier alpha value is -0.790. The van der Waals surface area contributed by atoms with Gasteiger partial charge in [0.15, 0.2) is 0 Å². The maximum Gasteiger partial charge on any atom is 0.0628 e. The third-order valence-corrected chi connectivity index (χ3v) is 2.80. The second kappa shape index (κ2) is 8.37. The molecule has 1 rings (SSSR count). The number of hydrogen-bond donors (Lipinski definition) is 0. The highest BCUT2D eigenvalue weighted by Gasteiger charge is 2.09. The van der Waals surface area contributed by atoms with Gasteiger partial charge in [0.1, 0.15) is 0 Å². The van der Waals surface area contributed by atoms with Gasteiger partial charge in [0.2, 0.25) is 0 Å². The molecule has 0 aliphatic heterocycles. The van der Waals surface area contributed by atoms with Crippen LogP contribution in [0.3, 0.4) is 0 Å². The zero-order chi connectivity index (χ0) is 12.6. The summed E-state index contributed by atoms with van der Waals surface area (Å²) in [4.78, 5) is 0. The van der Waals surface area contributed by atoms with E-state index in [0.29, 0.717) is 5.92 Å². The molecule has 1 aromatic heterocycles. The van der Waals surface area contributed by atoms with Gasteiger partial charge in [-0.3, -0.25) is 4.68 Å². The van der Waals surface area contributed by atoms with Crippen molar-refractivity contribution >= 4 is 0 Å². The van der Waals surface area contributed by atoms with E-state index in [1.54, 1.807) is 0 Å². The lowest BCUT2D eigenvalue weighted by molar-refractivity contribution is 0.661. The summed E-state index contributed by atoms with van der Waals surface area (Å²) in [6.45, 7) is 10.9. The quantitative estimate of drug-likeness (QED) is 0.739. The van der Waals surface area contributed by atoms with Crippen LogP contribution >= 0.6 is 0 Å². The third kappa shape index (κ3) is 5.34. The van der Waals surface area contributed by atoms with Crippen molar-refractivity contribution in [2.24, 2.45) is 7.05 Å². The van der Waals surface area contributed by atoms with Crippen LogP contribution < -0.4 is 0 Å². The first-order chi connectivity index (χ1) is 7.56. The molecule has 2 heteroatoms. The van der Waals surface area contributed by atoms with E-state index in [1.165, 1.54) is 36.9 Å². The molecule has 1 atom stereocenters. The highest BCUT2D eigenvalue weighted by molar-refractivity contribution is 5.19. The van der Waals surface area contributed by atoms with Crippen LogP contribution in [0.5, 0.6) is 0 Å². The molecule has 0 aliphatic carbocycles. The van der Waals surface area contributed by atoms with Crippen molar-refractivity contribution in [3.8, 4) is 0 Å². The maximum absolute atomic E-state index is 4.33. The van der Waals surface area contributed by atoms with Gasteiger partial charge in [-0.1, -0.05) is 47.0 Å². The minimum atomic E-state index is 0.656. The number of aromatic nitrogens is 2. The van der Waals surface area contributed by atoms with E-state index < -0.39 is 0 Å². The first-order valence-electron chi connectivity index (χ1n) is 6.56. The summed E-state index contributed by atoms with van der Waals surface area (Å²) in [7, 11) is 1.98. The molecule has 0 fully saturated rings. The Bertz CT molecular complexity index is 274. The Morgan fingerprint density at radius 1 is 1.19 bits per heavy atom. The van der Waals surface area contributed by atoms with Gasteiger partial charge in [-0.25, -0.2) is 0 Å². The van der Waals surface area contributed by atoms with Crippen LogP contribution in [0.15, 0.2) is 6.20 Å². The van der Waals surface area contributed by atoms with Gasteiger partial charge in [-0.05, 0) is 24.8 Å². The summed E-state index contributed by atoms with van der Waals surface area (Å²) in [6, 6.07) is 0. The minimum absolute atomic E-state index is 0.656. The number of aryl methyl sites for hydroxylation is 2. The van der Waals surface area contributed by atoms with Gasteiger partial charge in [0, 0.05) is 13.2 Å². The van der Waals surface area contributed by atoms with Crippen LogP contribution in [0.25, 0.3) is 0 Å². The topological polar surface area (TPSA) is 17.8 Å². The molecule has 0 amide bonds. The molecule has 0 radical (unpaired) electrons. The molecule has 0 bridgehead atoms. The number of unbranched alkanes of at least 4 members (excludes halogenated alkanes) is 1. The second-order valence-electron chi connectivity index (χ2n) is 4.53. The van der Waals surface area contributed by atoms with Crippen LogP contribution in [0.1, 0.15) is 70.6 Å². The van der Waals surface area contributed by atoms with E-state index in [4.69, 9.17) is 0 Å². The lowest BCUT2D eigenvalue weighted by Crippen LogP contribution is -1.92. The van der Waals surface area contributed by atoms with Crippen molar-refractivity contribution in [3.63, 3.8) is 0 Å². The molecule has 1 unspecified atom stereocenters. The summed E-state index contributed by atoms with van der Waals surface area (Å²) in [5.74, 6) is 0.656. The minimum Gasteiger partial charge on any atom is -0.275 e. The zero-order valence-electron chi connectivity index (χ0n) is 11.9. The maximum atomic E-state index is 4.33. The Balaban J connectivity index is 0.000000487. The Morgan fingerprint density at radius 2 is 1.75 bits per heavy atom. The van der Waals surface area contributed by atoms with Gasteiger partial charge >= 0.3 is 0 Å². The zero-order valence-corrected chi connectivity index (χ0v) is 11.9. The smallest absolute Gasteiger partial charge is 0.0628 e. The van der Waals surface area contributed by atoms with E-state index in [-0.39, 0.29) is 0 Å². The predicted octanol–water partition coefficient (Wildman–Crippen LogP) is 4.44. The Kier molecular flexibility index (Phi) is 7.96. The fourth-order valence-corrected chi connectivity index (χ4v) is 1.69. The summed E-state index contributed by atoms with van der Waals surface area (Å²) in [5, 5.41) is 4.33. The SMILES string of the molecule is CCCC.CCCC(C)c1cn(C)nc1C. The fourth-order valence-electron chi connectivity index (χ4n) is 1.69. The van der Waals surface area contributed by atoms with E-state index in [1.807, 2.05) is 11.7 Å². The molecule has 0 aromatic carbocycles. The molecular formula is C14H28N2. The van der Waals surface area contributed by atoms with Crippen LogP contribution in [0.4, 0.5) is 0 Å². The largest absolute Gasteiger partial charge is 0.275 e. The first-order valence-corrected chi connectivity index (χ1v) is 6.56. The summed E-state index contributed by atoms with van der Waals surface area (Å²) >= 11 is 0. The van der Waals surface area contributed by atoms with Gasteiger partial charge < -0.3 is 0 Å².